The van der Waals surface area contributed by atoms with Crippen LogP contribution in [0.2, 0.25) is 0 Å². The van der Waals surface area contributed by atoms with E-state index in [1.54, 1.807) is 30.3 Å². The second kappa shape index (κ2) is 7.51. The van der Waals surface area contributed by atoms with Gasteiger partial charge in [-0.1, -0.05) is 58.0 Å². The summed E-state index contributed by atoms with van der Waals surface area (Å²) in [6, 6.07) is 8.58. The van der Waals surface area contributed by atoms with Crippen molar-refractivity contribution in [2.45, 2.75) is 57.9 Å². The lowest BCUT2D eigenvalue weighted by molar-refractivity contribution is 0.431. The van der Waals surface area contributed by atoms with Gasteiger partial charge in [0.2, 0.25) is 0 Å². The predicted molar refractivity (Wildman–Crippen MR) is 99.6 cm³/mol. The first-order chi connectivity index (χ1) is 11.3. The van der Waals surface area contributed by atoms with Gasteiger partial charge < -0.3 is 0 Å². The molecule has 0 aliphatic heterocycles. The Kier molecular flexibility index (Phi) is 5.86. The molecule has 0 amide bonds. The van der Waals surface area contributed by atoms with Gasteiger partial charge in [0.05, 0.1) is 10.9 Å². The van der Waals surface area contributed by atoms with E-state index in [0.717, 1.165) is 19.3 Å². The molecular weight excluding hydrogens is 320 g/mol. The minimum Gasteiger partial charge on any atom is -0.267 e. The topological polar surface area (TPSA) is 58.5 Å². The normalized spacial score (nSPS) is 22.4. The van der Waals surface area contributed by atoms with Crippen LogP contribution in [0.3, 0.4) is 0 Å². The second-order valence-corrected chi connectivity index (χ2v) is 8.80. The van der Waals surface area contributed by atoms with Gasteiger partial charge in [-0.25, -0.2) is 8.42 Å². The zero-order valence-electron chi connectivity index (χ0n) is 15.0. The van der Waals surface area contributed by atoms with E-state index in [0.29, 0.717) is 11.8 Å². The third kappa shape index (κ3) is 4.47. The molecule has 1 aromatic rings. The Hall–Kier alpha value is -1.62. The van der Waals surface area contributed by atoms with Gasteiger partial charge in [-0.2, -0.15) is 0 Å². The third-order valence-electron chi connectivity index (χ3n) is 4.81. The Morgan fingerprint density at radius 1 is 1.21 bits per heavy atom. The maximum absolute atomic E-state index is 12.7. The molecule has 0 saturated carbocycles. The fraction of sp³-hybridized carbons (Fsp3) is 0.526. The summed E-state index contributed by atoms with van der Waals surface area (Å²) < 4.78 is 28.2. The van der Waals surface area contributed by atoms with Gasteiger partial charge in [-0.15, -0.1) is 0 Å². The number of allylic oxidation sites excluding steroid dienone is 1. The smallest absolute Gasteiger partial charge is 0.262 e. The zero-order valence-corrected chi connectivity index (χ0v) is 15.8. The lowest BCUT2D eigenvalue weighted by atomic mass is 9.87. The average Bonchev–Trinajstić information content (AvgIpc) is 2.57. The average molecular weight is 349 g/mol. The maximum atomic E-state index is 12.7. The SMILES string of the molecule is CCC(C)(C)C(=NC1CC=CC[C@@H]1C)NS(=O)(=O)c1ccccc1. The summed E-state index contributed by atoms with van der Waals surface area (Å²) >= 11 is 0. The molecule has 0 heterocycles. The van der Waals surface area contributed by atoms with Gasteiger partial charge in [0, 0.05) is 5.41 Å². The lowest BCUT2D eigenvalue weighted by Gasteiger charge is -2.30. The van der Waals surface area contributed by atoms with Crippen molar-refractivity contribution < 1.29 is 8.42 Å². The first-order valence-corrected chi connectivity index (χ1v) is 10.1. The summed E-state index contributed by atoms with van der Waals surface area (Å²) in [7, 11) is -3.62. The summed E-state index contributed by atoms with van der Waals surface area (Å²) in [5.41, 5.74) is -0.331. The highest BCUT2D eigenvalue weighted by Crippen LogP contribution is 2.27. The highest BCUT2D eigenvalue weighted by atomic mass is 32.2. The zero-order chi connectivity index (χ0) is 17.8. The highest BCUT2D eigenvalue weighted by molar-refractivity contribution is 7.90. The van der Waals surface area contributed by atoms with Crippen LogP contribution in [0.25, 0.3) is 0 Å². The number of aliphatic imine (C=N–C) groups is 1. The van der Waals surface area contributed by atoms with Crippen molar-refractivity contribution in [1.82, 2.24) is 4.72 Å². The number of hydrogen-bond donors (Lipinski definition) is 1. The van der Waals surface area contributed by atoms with Crippen molar-refractivity contribution in [1.29, 1.82) is 0 Å². The van der Waals surface area contributed by atoms with Gasteiger partial charge in [0.15, 0.2) is 0 Å². The molecule has 1 unspecified atom stereocenters. The molecule has 24 heavy (non-hydrogen) atoms. The van der Waals surface area contributed by atoms with Gasteiger partial charge in [-0.3, -0.25) is 9.71 Å². The van der Waals surface area contributed by atoms with Crippen LogP contribution in [-0.4, -0.2) is 20.3 Å². The van der Waals surface area contributed by atoms with Crippen molar-refractivity contribution in [3.8, 4) is 0 Å². The number of hydrogen-bond acceptors (Lipinski definition) is 3. The minimum absolute atomic E-state index is 0.120. The van der Waals surface area contributed by atoms with Crippen LogP contribution in [0.15, 0.2) is 52.4 Å². The minimum atomic E-state index is -3.62. The first kappa shape index (κ1) is 18.7. The molecule has 0 bridgehead atoms. The molecule has 132 valence electrons. The van der Waals surface area contributed by atoms with Gasteiger partial charge in [0.1, 0.15) is 5.84 Å². The van der Waals surface area contributed by atoms with Crippen molar-refractivity contribution in [2.24, 2.45) is 16.3 Å². The Labute approximate surface area is 146 Å². The van der Waals surface area contributed by atoms with Gasteiger partial charge in [-0.05, 0) is 37.3 Å². The summed E-state index contributed by atoms with van der Waals surface area (Å²) in [5, 5.41) is 0. The number of amidine groups is 1. The quantitative estimate of drug-likeness (QED) is 0.493. The van der Waals surface area contributed by atoms with Crippen LogP contribution < -0.4 is 4.72 Å². The van der Waals surface area contributed by atoms with Crippen LogP contribution in [0.1, 0.15) is 47.0 Å². The van der Waals surface area contributed by atoms with E-state index in [2.05, 4.69) is 30.7 Å². The number of sulfonamides is 1. The monoisotopic (exact) mass is 348 g/mol. The molecule has 4 nitrogen and oxygen atoms in total. The molecule has 0 spiro atoms. The third-order valence-corrected chi connectivity index (χ3v) is 6.17. The molecule has 1 aliphatic rings. The fourth-order valence-corrected chi connectivity index (χ4v) is 3.79. The second-order valence-electron chi connectivity index (χ2n) is 7.12. The Bertz CT molecular complexity index is 706. The van der Waals surface area contributed by atoms with E-state index in [-0.39, 0.29) is 16.4 Å². The van der Waals surface area contributed by atoms with Crippen LogP contribution in [0, 0.1) is 11.3 Å². The van der Waals surface area contributed by atoms with E-state index in [9.17, 15) is 8.42 Å². The molecule has 1 N–H and O–H groups in total. The van der Waals surface area contributed by atoms with Crippen LogP contribution in [0.5, 0.6) is 0 Å². The van der Waals surface area contributed by atoms with Gasteiger partial charge >= 0.3 is 0 Å². The lowest BCUT2D eigenvalue weighted by Crippen LogP contribution is -2.42. The van der Waals surface area contributed by atoms with E-state index in [1.807, 2.05) is 13.8 Å². The Morgan fingerprint density at radius 3 is 2.42 bits per heavy atom. The van der Waals surface area contributed by atoms with E-state index in [1.165, 1.54) is 0 Å². The van der Waals surface area contributed by atoms with Crippen LogP contribution in [-0.2, 0) is 10.0 Å². The van der Waals surface area contributed by atoms with Crippen molar-refractivity contribution in [3.05, 3.63) is 42.5 Å². The molecule has 5 heteroatoms. The molecule has 0 fully saturated rings. The van der Waals surface area contributed by atoms with Crippen molar-refractivity contribution >= 4 is 15.9 Å². The standard InChI is InChI=1S/C19H28N2O2S/c1-5-19(3,4)18(20-17-14-10-9-11-15(17)2)21-24(22,23)16-12-7-6-8-13-16/h6-10,12-13,15,17H,5,11,14H2,1-4H3,(H,20,21)/t15-,17?/m0/s1. The molecule has 2 rings (SSSR count). The molecular formula is C19H28N2O2S. The number of rotatable bonds is 5. The molecule has 0 radical (unpaired) electrons. The number of nitrogens with zero attached hydrogens (tertiary/aromatic N) is 1. The van der Waals surface area contributed by atoms with Crippen LogP contribution in [0.4, 0.5) is 0 Å². The summed E-state index contributed by atoms with van der Waals surface area (Å²) in [6.07, 6.45) is 6.96. The predicted octanol–water partition coefficient (Wildman–Crippen LogP) is 4.15. The molecule has 0 aromatic heterocycles. The highest BCUT2D eigenvalue weighted by Gasteiger charge is 2.30. The van der Waals surface area contributed by atoms with E-state index in [4.69, 9.17) is 4.99 Å². The molecule has 0 saturated heterocycles. The van der Waals surface area contributed by atoms with Crippen LogP contribution >= 0.6 is 0 Å². The molecule has 1 aromatic carbocycles. The summed E-state index contributed by atoms with van der Waals surface area (Å²) in [6.45, 7) is 8.28. The molecule has 1 aliphatic carbocycles. The first-order valence-electron chi connectivity index (χ1n) is 8.57. The summed E-state index contributed by atoms with van der Waals surface area (Å²) in [4.78, 5) is 5.11. The maximum Gasteiger partial charge on any atom is 0.262 e. The van der Waals surface area contributed by atoms with E-state index >= 15 is 0 Å². The van der Waals surface area contributed by atoms with Crippen molar-refractivity contribution in [2.75, 3.05) is 0 Å². The molecule has 2 atom stereocenters. The van der Waals surface area contributed by atoms with E-state index < -0.39 is 10.0 Å². The number of nitrogens with one attached hydrogen (secondary N) is 1. The summed E-state index contributed by atoms with van der Waals surface area (Å²) in [5.74, 6) is 0.972. The van der Waals surface area contributed by atoms with Crippen molar-refractivity contribution in [3.63, 3.8) is 0 Å². The fourth-order valence-electron chi connectivity index (χ4n) is 2.57. The largest absolute Gasteiger partial charge is 0.267 e. The Morgan fingerprint density at radius 2 is 1.83 bits per heavy atom. The number of benzene rings is 1. The van der Waals surface area contributed by atoms with Gasteiger partial charge in [0.25, 0.3) is 10.0 Å². The Balaban J connectivity index is 2.36.